The average Bonchev–Trinajstić information content (AvgIpc) is 3.01. The normalized spacial score (nSPS) is 16.1. The van der Waals surface area contributed by atoms with Gasteiger partial charge in [0.25, 0.3) is 0 Å². The van der Waals surface area contributed by atoms with E-state index in [-0.39, 0.29) is 11.0 Å². The van der Waals surface area contributed by atoms with Crippen LogP contribution in [0.15, 0.2) is 34.1 Å². The highest BCUT2D eigenvalue weighted by atomic mass is 32.2. The molecule has 0 radical (unpaired) electrons. The predicted octanol–water partition coefficient (Wildman–Crippen LogP) is 7.70. The number of rotatable bonds is 6. The van der Waals surface area contributed by atoms with Crippen LogP contribution in [-0.4, -0.2) is 10.1 Å². The fraction of sp³-hybridized carbons (Fsp3) is 0.615. The molecule has 3 rings (SSSR count). The summed E-state index contributed by atoms with van der Waals surface area (Å²) in [4.78, 5) is 2.50. The summed E-state index contributed by atoms with van der Waals surface area (Å²) >= 11 is 3.13. The topological polar surface area (TPSA) is 43.0 Å². The zero-order chi connectivity index (χ0) is 22.8. The Balaban J connectivity index is 2.01. The van der Waals surface area contributed by atoms with Crippen LogP contribution in [0.25, 0.3) is 11.3 Å². The van der Waals surface area contributed by atoms with Crippen molar-refractivity contribution >= 4 is 23.9 Å². The maximum Gasteiger partial charge on any atom is 0.0494 e. The Bertz CT molecular complexity index is 881. The van der Waals surface area contributed by atoms with E-state index in [4.69, 9.17) is 5.14 Å². The SMILES string of the molecule is Cc1c(SN)cc(-c2ccc(SNC(C)(C)C)c(C(C)(C)C)c2)n1CC1CCCCC1. The lowest BCUT2D eigenvalue weighted by Crippen LogP contribution is -2.30. The smallest absolute Gasteiger partial charge is 0.0494 e. The van der Waals surface area contributed by atoms with Gasteiger partial charge in [0.05, 0.1) is 0 Å². The second kappa shape index (κ2) is 9.94. The summed E-state index contributed by atoms with van der Waals surface area (Å²) < 4.78 is 6.12. The molecule has 31 heavy (non-hydrogen) atoms. The van der Waals surface area contributed by atoms with E-state index in [1.165, 1.54) is 76.4 Å². The Morgan fingerprint density at radius 2 is 1.68 bits per heavy atom. The van der Waals surface area contributed by atoms with E-state index in [1.807, 2.05) is 0 Å². The molecule has 5 heteroatoms. The number of hydrogen-bond acceptors (Lipinski definition) is 4. The molecule has 3 N–H and O–H groups in total. The maximum atomic E-state index is 6.04. The molecule has 1 saturated carbocycles. The van der Waals surface area contributed by atoms with Crippen LogP contribution in [0.4, 0.5) is 0 Å². The van der Waals surface area contributed by atoms with Crippen LogP contribution in [0.2, 0.25) is 0 Å². The van der Waals surface area contributed by atoms with Gasteiger partial charge in [-0.3, -0.25) is 9.86 Å². The molecule has 0 aliphatic heterocycles. The van der Waals surface area contributed by atoms with Crippen molar-refractivity contribution in [2.45, 2.75) is 108 Å². The minimum Gasteiger partial charge on any atom is -0.343 e. The van der Waals surface area contributed by atoms with E-state index < -0.39 is 0 Å². The Labute approximate surface area is 198 Å². The van der Waals surface area contributed by atoms with Crippen LogP contribution in [0.3, 0.4) is 0 Å². The minimum atomic E-state index is 0.0670. The molecule has 172 valence electrons. The first-order chi connectivity index (χ1) is 14.5. The Hall–Kier alpha value is -0.880. The Kier molecular flexibility index (Phi) is 7.94. The molecule has 1 aliphatic rings. The molecule has 0 spiro atoms. The number of nitrogens with zero attached hydrogens (tertiary/aromatic N) is 1. The first-order valence-corrected chi connectivity index (χ1v) is 13.3. The summed E-state index contributed by atoms with van der Waals surface area (Å²) in [6.07, 6.45) is 6.85. The molecular formula is C26H41N3S2. The second-order valence-corrected chi connectivity index (χ2v) is 12.7. The van der Waals surface area contributed by atoms with Gasteiger partial charge in [-0.05, 0) is 105 Å². The molecule has 1 heterocycles. The largest absolute Gasteiger partial charge is 0.343 e. The lowest BCUT2D eigenvalue weighted by molar-refractivity contribution is 0.318. The standard InChI is InChI=1S/C26H41N3S2/c1-18-24(30-27)16-22(29(18)17-19-11-9-8-10-12-19)20-13-14-23(31-28-26(5,6)7)21(15-20)25(2,3)4/h13-16,19,28H,8-12,17,27H2,1-7H3. The van der Waals surface area contributed by atoms with Crippen molar-refractivity contribution in [1.82, 2.24) is 9.29 Å². The molecule has 2 aromatic rings. The molecule has 1 fully saturated rings. The van der Waals surface area contributed by atoms with Gasteiger partial charge in [0.1, 0.15) is 0 Å². The van der Waals surface area contributed by atoms with Gasteiger partial charge in [0, 0.05) is 33.3 Å². The predicted molar refractivity (Wildman–Crippen MR) is 139 cm³/mol. The van der Waals surface area contributed by atoms with Crippen LogP contribution in [0.5, 0.6) is 0 Å². The number of aromatic nitrogens is 1. The number of benzene rings is 1. The molecule has 1 aliphatic carbocycles. The van der Waals surface area contributed by atoms with Crippen molar-refractivity contribution in [1.29, 1.82) is 0 Å². The van der Waals surface area contributed by atoms with E-state index in [2.05, 4.69) is 82.0 Å². The van der Waals surface area contributed by atoms with Gasteiger partial charge in [-0.2, -0.15) is 0 Å². The third-order valence-electron chi connectivity index (χ3n) is 6.16. The van der Waals surface area contributed by atoms with E-state index in [0.29, 0.717) is 0 Å². The van der Waals surface area contributed by atoms with Gasteiger partial charge in [0.15, 0.2) is 0 Å². The van der Waals surface area contributed by atoms with Gasteiger partial charge in [-0.1, -0.05) is 46.1 Å². The molecule has 1 aromatic carbocycles. The van der Waals surface area contributed by atoms with Gasteiger partial charge >= 0.3 is 0 Å². The highest BCUT2D eigenvalue weighted by Gasteiger charge is 2.23. The van der Waals surface area contributed by atoms with Crippen LogP contribution in [-0.2, 0) is 12.0 Å². The second-order valence-electron chi connectivity index (χ2n) is 11.1. The molecule has 0 bridgehead atoms. The lowest BCUT2D eigenvalue weighted by Gasteiger charge is -2.27. The highest BCUT2D eigenvalue weighted by Crippen LogP contribution is 2.38. The zero-order valence-electron chi connectivity index (χ0n) is 20.5. The third-order valence-corrected chi connectivity index (χ3v) is 8.12. The Morgan fingerprint density at radius 1 is 1.00 bits per heavy atom. The monoisotopic (exact) mass is 459 g/mol. The van der Waals surface area contributed by atoms with E-state index in [9.17, 15) is 0 Å². The lowest BCUT2D eigenvalue weighted by atomic mass is 9.85. The van der Waals surface area contributed by atoms with Crippen LogP contribution < -0.4 is 9.86 Å². The van der Waals surface area contributed by atoms with E-state index in [0.717, 1.165) is 12.5 Å². The summed E-state index contributed by atoms with van der Waals surface area (Å²) in [5.41, 5.74) is 5.43. The van der Waals surface area contributed by atoms with Gasteiger partial charge in [-0.25, -0.2) is 0 Å². The summed E-state index contributed by atoms with van der Waals surface area (Å²) in [7, 11) is 0. The van der Waals surface area contributed by atoms with Crippen molar-refractivity contribution in [3.8, 4) is 11.3 Å². The molecule has 0 unspecified atom stereocenters. The summed E-state index contributed by atoms with van der Waals surface area (Å²) in [6, 6.07) is 9.29. The van der Waals surface area contributed by atoms with Crippen LogP contribution >= 0.6 is 23.9 Å². The first-order valence-electron chi connectivity index (χ1n) is 11.7. The van der Waals surface area contributed by atoms with Crippen LogP contribution in [0, 0.1) is 12.8 Å². The van der Waals surface area contributed by atoms with Crippen molar-refractivity contribution in [3.05, 3.63) is 35.5 Å². The fourth-order valence-corrected chi connectivity index (χ4v) is 5.90. The average molecular weight is 460 g/mol. The zero-order valence-corrected chi connectivity index (χ0v) is 22.1. The van der Waals surface area contributed by atoms with Crippen molar-refractivity contribution in [2.24, 2.45) is 11.1 Å². The summed E-state index contributed by atoms with van der Waals surface area (Å²) in [5, 5.41) is 6.04. The quantitative estimate of drug-likeness (QED) is 0.434. The maximum absolute atomic E-state index is 6.04. The first kappa shape index (κ1) is 24.8. The third kappa shape index (κ3) is 6.34. The number of hydrogen-bond donors (Lipinski definition) is 2. The molecule has 0 amide bonds. The minimum absolute atomic E-state index is 0.0670. The van der Waals surface area contributed by atoms with Gasteiger partial charge in [0.2, 0.25) is 0 Å². The van der Waals surface area contributed by atoms with E-state index >= 15 is 0 Å². The van der Waals surface area contributed by atoms with Gasteiger partial charge in [-0.15, -0.1) is 0 Å². The Morgan fingerprint density at radius 3 is 2.26 bits per heavy atom. The molecule has 0 saturated heterocycles. The number of nitrogens with two attached hydrogens (primary N) is 1. The number of nitrogens with one attached hydrogen (secondary N) is 1. The molecule has 1 aromatic heterocycles. The van der Waals surface area contributed by atoms with Crippen LogP contribution in [0.1, 0.15) is 84.9 Å². The van der Waals surface area contributed by atoms with Crippen molar-refractivity contribution in [3.63, 3.8) is 0 Å². The van der Waals surface area contributed by atoms with E-state index in [1.54, 1.807) is 11.9 Å². The van der Waals surface area contributed by atoms with Crippen molar-refractivity contribution in [2.75, 3.05) is 0 Å². The van der Waals surface area contributed by atoms with Gasteiger partial charge < -0.3 is 4.57 Å². The summed E-state index contributed by atoms with van der Waals surface area (Å²) in [5.74, 6) is 0.780. The molecular weight excluding hydrogens is 418 g/mol. The van der Waals surface area contributed by atoms with Crippen molar-refractivity contribution < 1.29 is 0 Å². The highest BCUT2D eigenvalue weighted by molar-refractivity contribution is 7.97. The summed E-state index contributed by atoms with van der Waals surface area (Å²) in [6.45, 7) is 16.9. The molecule has 0 atom stereocenters. The molecule has 3 nitrogen and oxygen atoms in total. The fourth-order valence-electron chi connectivity index (χ4n) is 4.41.